The second-order valence-corrected chi connectivity index (χ2v) is 2.84. The molecule has 66 valence electrons. The Morgan fingerprint density at radius 3 is 3.31 bits per heavy atom. The summed E-state index contributed by atoms with van der Waals surface area (Å²) in [7, 11) is 0. The first-order chi connectivity index (χ1) is 6.40. The van der Waals surface area contributed by atoms with E-state index in [0.29, 0.717) is 6.42 Å². The maximum Gasteiger partial charge on any atom is 0.160 e. The lowest BCUT2D eigenvalue weighted by atomic mass is 10.1. The molecule has 2 heterocycles. The van der Waals surface area contributed by atoms with E-state index in [1.165, 1.54) is 0 Å². The number of carbonyl (C=O) groups excluding carboxylic acids is 1. The Balaban J connectivity index is 2.31. The molecule has 0 bridgehead atoms. The number of aryl methyl sites for hydroxylation is 1. The molecule has 0 aliphatic heterocycles. The fourth-order valence-corrected chi connectivity index (χ4v) is 1.24. The molecule has 0 spiro atoms. The molecule has 0 aliphatic rings. The van der Waals surface area contributed by atoms with Gasteiger partial charge in [0.25, 0.3) is 0 Å². The summed E-state index contributed by atoms with van der Waals surface area (Å²) in [6.45, 7) is 0. The summed E-state index contributed by atoms with van der Waals surface area (Å²) in [5.41, 5.74) is 1.94. The third kappa shape index (κ3) is 1.56. The van der Waals surface area contributed by atoms with E-state index in [0.717, 1.165) is 23.9 Å². The normalized spacial score (nSPS) is 10.5. The highest BCUT2D eigenvalue weighted by Gasteiger charge is 1.96. The Hall–Kier alpha value is -1.71. The Kier molecular flexibility index (Phi) is 2.04. The highest BCUT2D eigenvalue weighted by molar-refractivity contribution is 5.50. The summed E-state index contributed by atoms with van der Waals surface area (Å²) >= 11 is 0. The molecule has 0 unspecified atom stereocenters. The summed E-state index contributed by atoms with van der Waals surface area (Å²) in [6, 6.07) is 3.91. The van der Waals surface area contributed by atoms with Gasteiger partial charge in [0.1, 0.15) is 12.6 Å². The third-order valence-electron chi connectivity index (χ3n) is 1.92. The molecule has 0 atom stereocenters. The molecule has 0 fully saturated rings. The van der Waals surface area contributed by atoms with Crippen LogP contribution in [0.4, 0.5) is 0 Å². The van der Waals surface area contributed by atoms with Crippen LogP contribution in [0.2, 0.25) is 0 Å². The average molecular weight is 175 g/mol. The van der Waals surface area contributed by atoms with E-state index in [1.807, 2.05) is 22.7 Å². The quantitative estimate of drug-likeness (QED) is 0.650. The van der Waals surface area contributed by atoms with Crippen molar-refractivity contribution in [2.45, 2.75) is 12.8 Å². The second kappa shape index (κ2) is 3.35. The molecule has 4 nitrogen and oxygen atoms in total. The zero-order valence-electron chi connectivity index (χ0n) is 7.05. The SMILES string of the molecule is O=CCCc1ccn2cnnc2c1. The number of pyridine rings is 1. The lowest BCUT2D eigenvalue weighted by Gasteiger charge is -1.97. The predicted octanol–water partition coefficient (Wildman–Crippen LogP) is 0.861. The minimum atomic E-state index is 0.560. The van der Waals surface area contributed by atoms with Gasteiger partial charge in [-0.25, -0.2) is 0 Å². The highest BCUT2D eigenvalue weighted by Crippen LogP contribution is 2.05. The molecule has 0 aromatic carbocycles. The lowest BCUT2D eigenvalue weighted by molar-refractivity contribution is -0.107. The second-order valence-electron chi connectivity index (χ2n) is 2.84. The molecule has 0 saturated heterocycles. The van der Waals surface area contributed by atoms with Gasteiger partial charge < -0.3 is 4.79 Å². The fraction of sp³-hybridized carbons (Fsp3) is 0.222. The maximum absolute atomic E-state index is 10.2. The summed E-state index contributed by atoms with van der Waals surface area (Å²) < 4.78 is 1.84. The van der Waals surface area contributed by atoms with E-state index in [4.69, 9.17) is 0 Å². The number of nitrogens with zero attached hydrogens (tertiary/aromatic N) is 3. The van der Waals surface area contributed by atoms with Crippen molar-refractivity contribution in [2.75, 3.05) is 0 Å². The lowest BCUT2D eigenvalue weighted by Crippen LogP contribution is -1.89. The van der Waals surface area contributed by atoms with Crippen molar-refractivity contribution in [1.82, 2.24) is 14.6 Å². The van der Waals surface area contributed by atoms with E-state index in [1.54, 1.807) is 6.33 Å². The average Bonchev–Trinajstić information content (AvgIpc) is 2.61. The minimum Gasteiger partial charge on any atom is -0.303 e. The van der Waals surface area contributed by atoms with E-state index >= 15 is 0 Å². The number of hydrogen-bond acceptors (Lipinski definition) is 3. The van der Waals surface area contributed by atoms with Crippen molar-refractivity contribution in [1.29, 1.82) is 0 Å². The Bertz CT molecular complexity index is 421. The summed E-state index contributed by atoms with van der Waals surface area (Å²) in [5.74, 6) is 0. The van der Waals surface area contributed by atoms with Crippen LogP contribution in [0.25, 0.3) is 5.65 Å². The number of rotatable bonds is 3. The van der Waals surface area contributed by atoms with Gasteiger partial charge in [-0.15, -0.1) is 10.2 Å². The smallest absolute Gasteiger partial charge is 0.160 e. The van der Waals surface area contributed by atoms with Crippen LogP contribution < -0.4 is 0 Å². The van der Waals surface area contributed by atoms with E-state index in [9.17, 15) is 4.79 Å². The standard InChI is InChI=1S/C9H9N3O/c13-5-1-2-8-3-4-12-7-10-11-9(12)6-8/h3-7H,1-2H2. The summed E-state index contributed by atoms with van der Waals surface area (Å²) in [6.07, 6.45) is 5.81. The van der Waals surface area contributed by atoms with Gasteiger partial charge in [-0.3, -0.25) is 4.40 Å². The summed E-state index contributed by atoms with van der Waals surface area (Å²) in [4.78, 5) is 10.2. The Morgan fingerprint density at radius 2 is 2.46 bits per heavy atom. The molecule has 2 rings (SSSR count). The topological polar surface area (TPSA) is 47.3 Å². The molecule has 4 heteroatoms. The van der Waals surface area contributed by atoms with Crippen molar-refractivity contribution in [3.63, 3.8) is 0 Å². The molecular weight excluding hydrogens is 166 g/mol. The minimum absolute atomic E-state index is 0.560. The van der Waals surface area contributed by atoms with Gasteiger partial charge in [-0.1, -0.05) is 0 Å². The van der Waals surface area contributed by atoms with Crippen LogP contribution in [0.15, 0.2) is 24.7 Å². The van der Waals surface area contributed by atoms with Gasteiger partial charge in [0.2, 0.25) is 0 Å². The molecular formula is C9H9N3O. The fourth-order valence-electron chi connectivity index (χ4n) is 1.24. The van der Waals surface area contributed by atoms with Gasteiger partial charge in [-0.05, 0) is 24.1 Å². The largest absolute Gasteiger partial charge is 0.303 e. The highest BCUT2D eigenvalue weighted by atomic mass is 16.1. The van der Waals surface area contributed by atoms with Crippen molar-refractivity contribution < 1.29 is 4.79 Å². The number of aromatic nitrogens is 3. The predicted molar refractivity (Wildman–Crippen MR) is 47.4 cm³/mol. The first-order valence-corrected chi connectivity index (χ1v) is 4.12. The van der Waals surface area contributed by atoms with Crippen LogP contribution in [0.5, 0.6) is 0 Å². The monoisotopic (exact) mass is 175 g/mol. The first kappa shape index (κ1) is 7.91. The van der Waals surface area contributed by atoms with E-state index < -0.39 is 0 Å². The van der Waals surface area contributed by atoms with Crippen LogP contribution in [0.3, 0.4) is 0 Å². The van der Waals surface area contributed by atoms with Gasteiger partial charge in [0.05, 0.1) is 0 Å². The van der Waals surface area contributed by atoms with Gasteiger partial charge in [0, 0.05) is 12.6 Å². The summed E-state index contributed by atoms with van der Waals surface area (Å²) in [5, 5.41) is 7.68. The molecule has 0 N–H and O–H groups in total. The van der Waals surface area contributed by atoms with Crippen molar-refractivity contribution in [3.05, 3.63) is 30.2 Å². The van der Waals surface area contributed by atoms with Crippen LogP contribution in [0.1, 0.15) is 12.0 Å². The van der Waals surface area contributed by atoms with Gasteiger partial charge in [0.15, 0.2) is 5.65 Å². The van der Waals surface area contributed by atoms with Crippen LogP contribution >= 0.6 is 0 Å². The molecule has 13 heavy (non-hydrogen) atoms. The number of hydrogen-bond donors (Lipinski definition) is 0. The Morgan fingerprint density at radius 1 is 1.54 bits per heavy atom. The van der Waals surface area contributed by atoms with Crippen molar-refractivity contribution >= 4 is 11.9 Å². The zero-order valence-corrected chi connectivity index (χ0v) is 7.05. The first-order valence-electron chi connectivity index (χ1n) is 4.12. The third-order valence-corrected chi connectivity index (χ3v) is 1.92. The zero-order chi connectivity index (χ0) is 9.10. The Labute approximate surface area is 75.2 Å². The number of carbonyl (C=O) groups is 1. The van der Waals surface area contributed by atoms with Crippen LogP contribution in [-0.4, -0.2) is 20.9 Å². The van der Waals surface area contributed by atoms with E-state index in [2.05, 4.69) is 10.2 Å². The molecule has 0 aliphatic carbocycles. The van der Waals surface area contributed by atoms with Gasteiger partial charge in [-0.2, -0.15) is 0 Å². The van der Waals surface area contributed by atoms with Gasteiger partial charge >= 0.3 is 0 Å². The number of fused-ring (bicyclic) bond motifs is 1. The molecule has 2 aromatic rings. The van der Waals surface area contributed by atoms with E-state index in [-0.39, 0.29) is 0 Å². The van der Waals surface area contributed by atoms with Crippen LogP contribution in [0, 0.1) is 0 Å². The van der Waals surface area contributed by atoms with Crippen molar-refractivity contribution in [2.24, 2.45) is 0 Å². The molecule has 0 saturated carbocycles. The van der Waals surface area contributed by atoms with Crippen molar-refractivity contribution in [3.8, 4) is 0 Å². The van der Waals surface area contributed by atoms with Crippen LogP contribution in [-0.2, 0) is 11.2 Å². The number of aldehydes is 1. The maximum atomic E-state index is 10.2. The molecule has 0 amide bonds. The molecule has 2 aromatic heterocycles. The molecule has 0 radical (unpaired) electrons.